The van der Waals surface area contributed by atoms with Crippen LogP contribution < -0.4 is 24.8 Å². The average Bonchev–Trinajstić information content (AvgIpc) is 2.87. The molecule has 0 saturated carbocycles. The Morgan fingerprint density at radius 3 is 1.29 bits per heavy atom. The zero-order valence-electron chi connectivity index (χ0n) is 7.84. The van der Waals surface area contributed by atoms with Gasteiger partial charge in [-0.1, -0.05) is 0 Å². The van der Waals surface area contributed by atoms with Crippen LogP contribution in [0.25, 0.3) is 0 Å². The second-order valence-corrected chi connectivity index (χ2v) is 2.01. The van der Waals surface area contributed by atoms with Gasteiger partial charge < -0.3 is 24.8 Å². The van der Waals surface area contributed by atoms with Gasteiger partial charge >= 0.3 is 24.8 Å². The minimum atomic E-state index is 0. The fourth-order valence-corrected chi connectivity index (χ4v) is 0.680. The summed E-state index contributed by atoms with van der Waals surface area (Å²) in [5, 5.41) is 0. The van der Waals surface area contributed by atoms with E-state index in [1.165, 1.54) is 0 Å². The molecule has 0 bridgehead atoms. The predicted octanol–water partition coefficient (Wildman–Crippen LogP) is -3.42. The predicted molar refractivity (Wildman–Crippen MR) is 50.3 cm³/mol. The SMILES string of the molecule is [C-]1=CC=CC1.[C-]1=CC=CC1.[CH2]=[Ti+2].[Cl-].[Cl-]. The summed E-state index contributed by atoms with van der Waals surface area (Å²) in [6.45, 7) is 0. The fourth-order valence-electron chi connectivity index (χ4n) is 0.680. The maximum atomic E-state index is 3.25. The third kappa shape index (κ3) is 14.6. The normalized spacial score (nSPS) is 13.0. The first-order chi connectivity index (χ1) is 6.00. The van der Waals surface area contributed by atoms with Crippen LogP contribution in [0.1, 0.15) is 12.8 Å². The Kier molecular flexibility index (Phi) is 26.4. The summed E-state index contributed by atoms with van der Waals surface area (Å²) < 4.78 is 0. The number of rotatable bonds is 0. The molecule has 0 heterocycles. The van der Waals surface area contributed by atoms with Crippen molar-refractivity contribution in [3.63, 3.8) is 0 Å². The standard InChI is InChI=1S/2C5H5.CH2.2ClH.Ti/c2*1-2-4-5-3-1;;;;/h2*1-3H,4H2;1H2;2*1H;/q2*-1;;;;+2/p-2. The molecular weight excluding hydrogens is 251 g/mol. The molecular formula is C11H12Cl2Ti-2. The first-order valence-corrected chi connectivity index (χ1v) is 4.89. The molecule has 0 fully saturated rings. The Balaban J connectivity index is -0.000000131. The van der Waals surface area contributed by atoms with Gasteiger partial charge in [-0.2, -0.15) is 12.2 Å². The summed E-state index contributed by atoms with van der Waals surface area (Å²) in [6, 6.07) is 0. The molecule has 2 aliphatic rings. The molecule has 0 atom stereocenters. The third-order valence-corrected chi connectivity index (χ3v) is 1.17. The van der Waals surface area contributed by atoms with Gasteiger partial charge in [-0.3, -0.25) is 12.2 Å². The maximum absolute atomic E-state index is 3.25. The maximum Gasteiger partial charge on any atom is -1.00 e. The van der Waals surface area contributed by atoms with Gasteiger partial charge in [0.15, 0.2) is 0 Å². The van der Waals surface area contributed by atoms with Crippen molar-refractivity contribution in [3.8, 4) is 0 Å². The quantitative estimate of drug-likeness (QED) is 0.315. The molecule has 3 heteroatoms. The van der Waals surface area contributed by atoms with Crippen LogP contribution in [0.15, 0.2) is 36.5 Å². The molecule has 0 amide bonds. The van der Waals surface area contributed by atoms with Gasteiger partial charge in [0.05, 0.1) is 0 Å². The average molecular weight is 263 g/mol. The van der Waals surface area contributed by atoms with Gasteiger partial charge in [-0.15, -0.1) is 12.8 Å². The van der Waals surface area contributed by atoms with Crippen LogP contribution in [0.2, 0.25) is 0 Å². The van der Waals surface area contributed by atoms with Crippen molar-refractivity contribution < 1.29 is 44.8 Å². The van der Waals surface area contributed by atoms with Crippen molar-refractivity contribution in [2.45, 2.75) is 12.8 Å². The molecule has 0 spiro atoms. The van der Waals surface area contributed by atoms with Crippen LogP contribution in [0.4, 0.5) is 0 Å². The minimum absolute atomic E-state index is 0. The summed E-state index contributed by atoms with van der Waals surface area (Å²) in [5.74, 6) is 0. The topological polar surface area (TPSA) is 0 Å². The van der Waals surface area contributed by atoms with Crippen LogP contribution in [-0.4, -0.2) is 4.82 Å². The van der Waals surface area contributed by atoms with Crippen LogP contribution in [0.3, 0.4) is 0 Å². The monoisotopic (exact) mass is 262 g/mol. The summed E-state index contributed by atoms with van der Waals surface area (Å²) in [6.07, 6.45) is 20.0. The molecule has 0 unspecified atom stereocenters. The molecule has 2 rings (SSSR count). The van der Waals surface area contributed by atoms with Gasteiger partial charge in [0.1, 0.15) is 0 Å². The molecule has 0 saturated heterocycles. The van der Waals surface area contributed by atoms with Crippen molar-refractivity contribution in [2.24, 2.45) is 0 Å². The number of allylic oxidation sites excluding steroid dienone is 8. The summed E-state index contributed by atoms with van der Waals surface area (Å²) in [5.41, 5.74) is 0. The summed E-state index contributed by atoms with van der Waals surface area (Å²) in [4.78, 5) is 3.25. The van der Waals surface area contributed by atoms with Gasteiger partial charge in [0.25, 0.3) is 0 Å². The number of hydrogen-bond donors (Lipinski definition) is 0. The van der Waals surface area contributed by atoms with Gasteiger partial charge in [0.2, 0.25) is 0 Å². The van der Waals surface area contributed by atoms with E-state index in [2.05, 4.69) is 29.1 Å². The molecule has 0 aliphatic heterocycles. The van der Waals surface area contributed by atoms with Crippen molar-refractivity contribution in [1.82, 2.24) is 0 Å². The molecule has 0 aromatic rings. The van der Waals surface area contributed by atoms with Crippen LogP contribution in [0.5, 0.6) is 0 Å². The number of halogens is 2. The first kappa shape index (κ1) is 19.7. The van der Waals surface area contributed by atoms with Crippen LogP contribution in [-0.2, 0) is 20.0 Å². The Morgan fingerprint density at radius 1 is 0.857 bits per heavy atom. The van der Waals surface area contributed by atoms with Crippen molar-refractivity contribution in [1.29, 1.82) is 0 Å². The van der Waals surface area contributed by atoms with Crippen molar-refractivity contribution >= 4 is 4.82 Å². The number of hydrogen-bond acceptors (Lipinski definition) is 0. The van der Waals surface area contributed by atoms with E-state index in [0.29, 0.717) is 0 Å². The van der Waals surface area contributed by atoms with Crippen molar-refractivity contribution in [3.05, 3.63) is 48.6 Å². The summed E-state index contributed by atoms with van der Waals surface area (Å²) in [7, 11) is 0. The van der Waals surface area contributed by atoms with E-state index >= 15 is 0 Å². The van der Waals surface area contributed by atoms with Crippen molar-refractivity contribution in [2.75, 3.05) is 0 Å². The first-order valence-electron chi connectivity index (χ1n) is 3.79. The molecule has 0 N–H and O–H groups in total. The molecule has 76 valence electrons. The Hall–Kier alpha value is 0.124. The van der Waals surface area contributed by atoms with E-state index < -0.39 is 0 Å². The van der Waals surface area contributed by atoms with E-state index in [1.807, 2.05) is 24.3 Å². The fraction of sp³-hybridized carbons (Fsp3) is 0.182. The Bertz CT molecular complexity index is 163. The van der Waals surface area contributed by atoms with E-state index in [9.17, 15) is 0 Å². The van der Waals surface area contributed by atoms with E-state index in [-0.39, 0.29) is 24.8 Å². The van der Waals surface area contributed by atoms with E-state index in [4.69, 9.17) is 0 Å². The smallest absolute Gasteiger partial charge is 1.00 e. The Morgan fingerprint density at radius 2 is 1.21 bits per heavy atom. The van der Waals surface area contributed by atoms with Crippen LogP contribution >= 0.6 is 0 Å². The summed E-state index contributed by atoms with van der Waals surface area (Å²) >= 11 is 1.75. The molecule has 0 aromatic carbocycles. The zero-order valence-corrected chi connectivity index (χ0v) is 10.9. The van der Waals surface area contributed by atoms with E-state index in [0.717, 1.165) is 12.8 Å². The van der Waals surface area contributed by atoms with Gasteiger partial charge in [-0.05, 0) is 0 Å². The third-order valence-electron chi connectivity index (χ3n) is 1.17. The van der Waals surface area contributed by atoms with Crippen LogP contribution in [0, 0.1) is 12.2 Å². The van der Waals surface area contributed by atoms with E-state index in [1.54, 1.807) is 20.0 Å². The minimum Gasteiger partial charge on any atom is -1.00 e. The largest absolute Gasteiger partial charge is 1.00 e. The van der Waals surface area contributed by atoms with Gasteiger partial charge in [-0.25, -0.2) is 24.3 Å². The molecule has 0 aromatic heterocycles. The molecule has 0 nitrogen and oxygen atoms in total. The molecule has 2 aliphatic carbocycles. The Labute approximate surface area is 111 Å². The molecule has 0 radical (unpaired) electrons. The zero-order chi connectivity index (χ0) is 9.07. The second kappa shape index (κ2) is 18.8. The second-order valence-electron chi connectivity index (χ2n) is 2.01. The van der Waals surface area contributed by atoms with Gasteiger partial charge in [0, 0.05) is 0 Å². The molecule has 14 heavy (non-hydrogen) atoms.